The second-order valence-corrected chi connectivity index (χ2v) is 4.25. The highest BCUT2D eigenvalue weighted by molar-refractivity contribution is 5.15. The number of hydrogen-bond acceptors (Lipinski definition) is 1. The van der Waals surface area contributed by atoms with E-state index in [-0.39, 0.29) is 0 Å². The Morgan fingerprint density at radius 3 is 2.29 bits per heavy atom. The Balaban J connectivity index is 2.55. The zero-order valence-corrected chi connectivity index (χ0v) is 9.46. The summed E-state index contributed by atoms with van der Waals surface area (Å²) >= 11 is 0. The fraction of sp³-hybridized carbons (Fsp3) is 0.538. The number of benzene rings is 1. The molecule has 78 valence electrons. The van der Waals surface area contributed by atoms with Gasteiger partial charge in [-0.1, -0.05) is 44.2 Å². The molecule has 1 rings (SSSR count). The van der Waals surface area contributed by atoms with Crippen LogP contribution < -0.4 is 5.32 Å². The lowest BCUT2D eigenvalue weighted by Gasteiger charge is -2.20. The maximum atomic E-state index is 3.27. The fourth-order valence-corrected chi connectivity index (χ4v) is 1.72. The van der Waals surface area contributed by atoms with Gasteiger partial charge in [0, 0.05) is 0 Å². The molecule has 1 aromatic carbocycles. The van der Waals surface area contributed by atoms with Gasteiger partial charge in [0.1, 0.15) is 0 Å². The Hall–Kier alpha value is -0.820. The van der Waals surface area contributed by atoms with Crippen LogP contribution in [0.1, 0.15) is 19.4 Å². The van der Waals surface area contributed by atoms with E-state index in [2.05, 4.69) is 49.5 Å². The van der Waals surface area contributed by atoms with Gasteiger partial charge in [-0.3, -0.25) is 0 Å². The average molecular weight is 191 g/mol. The maximum Gasteiger partial charge on any atom is -0.00179 e. The largest absolute Gasteiger partial charge is 0.319 e. The summed E-state index contributed by atoms with van der Waals surface area (Å²) in [4.78, 5) is 0. The summed E-state index contributed by atoms with van der Waals surface area (Å²) in [5.74, 6) is 1.48. The molecular formula is C13H21N. The Labute approximate surface area is 87.5 Å². The van der Waals surface area contributed by atoms with Crippen molar-refractivity contribution in [3.63, 3.8) is 0 Å². The molecule has 1 aromatic rings. The van der Waals surface area contributed by atoms with E-state index >= 15 is 0 Å². The smallest absolute Gasteiger partial charge is 0.00179 e. The van der Waals surface area contributed by atoms with E-state index in [0.29, 0.717) is 0 Å². The van der Waals surface area contributed by atoms with Crippen LogP contribution in [0.5, 0.6) is 0 Å². The normalized spacial score (nSPS) is 13.1. The standard InChI is InChI=1S/C13H21N/c1-11(2)13(10-14-3)9-12-7-5-4-6-8-12/h4-8,11,13-14H,9-10H2,1-3H3. The SMILES string of the molecule is CNCC(Cc1ccccc1)C(C)C. The predicted molar refractivity (Wildman–Crippen MR) is 62.4 cm³/mol. The molecule has 1 atom stereocenters. The topological polar surface area (TPSA) is 12.0 Å². The van der Waals surface area contributed by atoms with Gasteiger partial charge in [0.2, 0.25) is 0 Å². The number of nitrogens with one attached hydrogen (secondary N) is 1. The van der Waals surface area contributed by atoms with E-state index in [0.717, 1.165) is 18.4 Å². The van der Waals surface area contributed by atoms with Crippen LogP contribution >= 0.6 is 0 Å². The molecular weight excluding hydrogens is 170 g/mol. The molecule has 1 nitrogen and oxygen atoms in total. The lowest BCUT2D eigenvalue weighted by atomic mass is 9.89. The van der Waals surface area contributed by atoms with E-state index < -0.39 is 0 Å². The highest BCUT2D eigenvalue weighted by Crippen LogP contribution is 2.16. The van der Waals surface area contributed by atoms with Gasteiger partial charge in [-0.15, -0.1) is 0 Å². The van der Waals surface area contributed by atoms with E-state index in [1.54, 1.807) is 0 Å². The molecule has 0 radical (unpaired) electrons. The first-order valence-electron chi connectivity index (χ1n) is 5.42. The molecule has 0 spiro atoms. The van der Waals surface area contributed by atoms with E-state index in [9.17, 15) is 0 Å². The van der Waals surface area contributed by atoms with Gasteiger partial charge >= 0.3 is 0 Å². The van der Waals surface area contributed by atoms with Gasteiger partial charge in [0.05, 0.1) is 0 Å². The summed E-state index contributed by atoms with van der Waals surface area (Å²) in [6.07, 6.45) is 1.18. The van der Waals surface area contributed by atoms with E-state index in [1.165, 1.54) is 12.0 Å². The Kier molecular flexibility index (Phi) is 4.68. The third-order valence-electron chi connectivity index (χ3n) is 2.75. The van der Waals surface area contributed by atoms with E-state index in [1.807, 2.05) is 7.05 Å². The molecule has 0 saturated heterocycles. The summed E-state index contributed by atoms with van der Waals surface area (Å²) in [5, 5.41) is 3.27. The van der Waals surface area contributed by atoms with Crippen molar-refractivity contribution < 1.29 is 0 Å². The minimum atomic E-state index is 0.738. The molecule has 0 bridgehead atoms. The quantitative estimate of drug-likeness (QED) is 0.754. The summed E-state index contributed by atoms with van der Waals surface area (Å²) in [6, 6.07) is 10.7. The Morgan fingerprint density at radius 1 is 1.14 bits per heavy atom. The summed E-state index contributed by atoms with van der Waals surface area (Å²) in [6.45, 7) is 5.70. The van der Waals surface area contributed by atoms with Crippen LogP contribution in [0.3, 0.4) is 0 Å². The minimum Gasteiger partial charge on any atom is -0.319 e. The fourth-order valence-electron chi connectivity index (χ4n) is 1.72. The highest BCUT2D eigenvalue weighted by Gasteiger charge is 2.12. The van der Waals surface area contributed by atoms with Crippen LogP contribution in [-0.4, -0.2) is 13.6 Å². The molecule has 1 heteroatoms. The summed E-state index contributed by atoms with van der Waals surface area (Å²) < 4.78 is 0. The van der Waals surface area contributed by atoms with E-state index in [4.69, 9.17) is 0 Å². The molecule has 0 aliphatic rings. The lowest BCUT2D eigenvalue weighted by molar-refractivity contribution is 0.370. The monoisotopic (exact) mass is 191 g/mol. The van der Waals surface area contributed by atoms with Gasteiger partial charge in [-0.05, 0) is 37.4 Å². The zero-order valence-electron chi connectivity index (χ0n) is 9.46. The van der Waals surface area contributed by atoms with Crippen LogP contribution in [0.4, 0.5) is 0 Å². The average Bonchev–Trinajstić information content (AvgIpc) is 2.18. The zero-order chi connectivity index (χ0) is 10.4. The van der Waals surface area contributed by atoms with Crippen molar-refractivity contribution in [2.75, 3.05) is 13.6 Å². The Bertz CT molecular complexity index is 241. The second-order valence-electron chi connectivity index (χ2n) is 4.25. The van der Waals surface area contributed by atoms with Crippen molar-refractivity contribution in [2.24, 2.45) is 11.8 Å². The van der Waals surface area contributed by atoms with Gasteiger partial charge in [-0.2, -0.15) is 0 Å². The first kappa shape index (κ1) is 11.3. The van der Waals surface area contributed by atoms with Crippen molar-refractivity contribution in [1.82, 2.24) is 5.32 Å². The minimum absolute atomic E-state index is 0.738. The molecule has 0 saturated carbocycles. The van der Waals surface area contributed by atoms with Crippen molar-refractivity contribution in [3.8, 4) is 0 Å². The first-order chi connectivity index (χ1) is 6.74. The van der Waals surface area contributed by atoms with Crippen LogP contribution in [-0.2, 0) is 6.42 Å². The third-order valence-corrected chi connectivity index (χ3v) is 2.75. The third kappa shape index (κ3) is 3.51. The van der Waals surface area contributed by atoms with Gasteiger partial charge in [0.25, 0.3) is 0 Å². The Morgan fingerprint density at radius 2 is 1.79 bits per heavy atom. The van der Waals surface area contributed by atoms with Crippen LogP contribution in [0.25, 0.3) is 0 Å². The van der Waals surface area contributed by atoms with Crippen LogP contribution in [0.2, 0.25) is 0 Å². The summed E-state index contributed by atoms with van der Waals surface area (Å²) in [7, 11) is 2.03. The lowest BCUT2D eigenvalue weighted by Crippen LogP contribution is -2.25. The van der Waals surface area contributed by atoms with Crippen molar-refractivity contribution in [3.05, 3.63) is 35.9 Å². The van der Waals surface area contributed by atoms with Crippen LogP contribution in [0, 0.1) is 11.8 Å². The van der Waals surface area contributed by atoms with Crippen LogP contribution in [0.15, 0.2) is 30.3 Å². The second kappa shape index (κ2) is 5.82. The molecule has 0 aliphatic carbocycles. The molecule has 0 aromatic heterocycles. The molecule has 0 aliphatic heterocycles. The van der Waals surface area contributed by atoms with Crippen molar-refractivity contribution in [1.29, 1.82) is 0 Å². The molecule has 1 N–H and O–H groups in total. The number of hydrogen-bond donors (Lipinski definition) is 1. The predicted octanol–water partition coefficient (Wildman–Crippen LogP) is 2.72. The molecule has 0 fully saturated rings. The highest BCUT2D eigenvalue weighted by atomic mass is 14.8. The molecule has 0 heterocycles. The van der Waals surface area contributed by atoms with Gasteiger partial charge in [-0.25, -0.2) is 0 Å². The molecule has 14 heavy (non-hydrogen) atoms. The first-order valence-corrected chi connectivity index (χ1v) is 5.42. The van der Waals surface area contributed by atoms with Gasteiger partial charge in [0.15, 0.2) is 0 Å². The van der Waals surface area contributed by atoms with Crippen molar-refractivity contribution >= 4 is 0 Å². The number of rotatable bonds is 5. The summed E-state index contributed by atoms with van der Waals surface area (Å²) in [5.41, 5.74) is 1.45. The molecule has 0 amide bonds. The van der Waals surface area contributed by atoms with Gasteiger partial charge < -0.3 is 5.32 Å². The molecule has 1 unspecified atom stereocenters. The van der Waals surface area contributed by atoms with Crippen molar-refractivity contribution in [2.45, 2.75) is 20.3 Å². The maximum absolute atomic E-state index is 3.27.